The maximum atomic E-state index is 11.1. The van der Waals surface area contributed by atoms with E-state index in [-0.39, 0.29) is 0 Å². The van der Waals surface area contributed by atoms with Crippen molar-refractivity contribution in [2.24, 2.45) is 5.73 Å². The van der Waals surface area contributed by atoms with Gasteiger partial charge in [0, 0.05) is 4.47 Å². The lowest BCUT2D eigenvalue weighted by Crippen LogP contribution is -2.43. The summed E-state index contributed by atoms with van der Waals surface area (Å²) >= 11 is 3.36. The van der Waals surface area contributed by atoms with Gasteiger partial charge in [0.15, 0.2) is 5.60 Å². The van der Waals surface area contributed by atoms with Crippen molar-refractivity contribution < 1.29 is 9.53 Å². The third-order valence-corrected chi connectivity index (χ3v) is 2.59. The van der Waals surface area contributed by atoms with Gasteiger partial charge in [0.05, 0.1) is 0 Å². The maximum Gasteiger partial charge on any atom is 0.261 e. The smallest absolute Gasteiger partial charge is 0.261 e. The largest absolute Gasteiger partial charge is 0.478 e. The number of carbonyl (C=O) groups is 1. The minimum atomic E-state index is -0.988. The van der Waals surface area contributed by atoms with Gasteiger partial charge in [-0.15, -0.1) is 0 Å². The first-order valence-corrected chi connectivity index (χ1v) is 5.37. The van der Waals surface area contributed by atoms with Crippen LogP contribution in [0.1, 0.15) is 19.4 Å². The van der Waals surface area contributed by atoms with Crippen LogP contribution in [0.2, 0.25) is 0 Å². The second kappa shape index (κ2) is 4.23. The van der Waals surface area contributed by atoms with E-state index in [1.807, 2.05) is 25.1 Å². The molecular weight excluding hydrogens is 258 g/mol. The molecule has 4 heteroatoms. The zero-order chi connectivity index (χ0) is 11.6. The highest BCUT2D eigenvalue weighted by molar-refractivity contribution is 9.10. The van der Waals surface area contributed by atoms with Crippen molar-refractivity contribution in [3.8, 4) is 5.75 Å². The molecule has 3 nitrogen and oxygen atoms in total. The summed E-state index contributed by atoms with van der Waals surface area (Å²) in [5.41, 5.74) is 5.19. The Labute approximate surface area is 97.7 Å². The first kappa shape index (κ1) is 12.0. The SMILES string of the molecule is Cc1cc(Br)ccc1OC(C)(C)C(N)=O. The Kier molecular flexibility index (Phi) is 3.39. The molecule has 0 aliphatic heterocycles. The Morgan fingerprint density at radius 2 is 2.07 bits per heavy atom. The second-order valence-corrected chi connectivity index (χ2v) is 4.80. The lowest BCUT2D eigenvalue weighted by molar-refractivity contribution is -0.130. The molecule has 0 fully saturated rings. The van der Waals surface area contributed by atoms with Crippen LogP contribution < -0.4 is 10.5 Å². The number of carbonyl (C=O) groups excluding carboxylic acids is 1. The number of nitrogens with two attached hydrogens (primary N) is 1. The number of amides is 1. The van der Waals surface area contributed by atoms with Crippen LogP contribution in [-0.2, 0) is 4.79 Å². The first-order chi connectivity index (χ1) is 6.83. The Morgan fingerprint density at radius 3 is 2.53 bits per heavy atom. The van der Waals surface area contributed by atoms with Gasteiger partial charge < -0.3 is 10.5 Å². The third kappa shape index (κ3) is 2.96. The van der Waals surface area contributed by atoms with Gasteiger partial charge in [0.1, 0.15) is 5.75 Å². The van der Waals surface area contributed by atoms with Crippen LogP contribution in [0.3, 0.4) is 0 Å². The van der Waals surface area contributed by atoms with E-state index >= 15 is 0 Å². The molecule has 1 aromatic carbocycles. The summed E-state index contributed by atoms with van der Waals surface area (Å²) in [4.78, 5) is 11.1. The molecule has 1 aromatic rings. The Morgan fingerprint density at radius 1 is 1.47 bits per heavy atom. The van der Waals surface area contributed by atoms with Gasteiger partial charge in [-0.1, -0.05) is 15.9 Å². The molecule has 15 heavy (non-hydrogen) atoms. The van der Waals surface area contributed by atoms with E-state index in [1.165, 1.54) is 0 Å². The van der Waals surface area contributed by atoms with Gasteiger partial charge in [-0.05, 0) is 44.5 Å². The fourth-order valence-corrected chi connectivity index (χ4v) is 1.53. The van der Waals surface area contributed by atoms with Gasteiger partial charge in [-0.2, -0.15) is 0 Å². The minimum Gasteiger partial charge on any atom is -0.478 e. The van der Waals surface area contributed by atoms with Crippen molar-refractivity contribution in [3.05, 3.63) is 28.2 Å². The molecule has 82 valence electrons. The molecule has 0 bridgehead atoms. The fraction of sp³-hybridized carbons (Fsp3) is 0.364. The maximum absolute atomic E-state index is 11.1. The fourth-order valence-electron chi connectivity index (χ4n) is 1.05. The number of rotatable bonds is 3. The van der Waals surface area contributed by atoms with Gasteiger partial charge in [-0.25, -0.2) is 0 Å². The zero-order valence-corrected chi connectivity index (χ0v) is 10.6. The number of aryl methyl sites for hydroxylation is 1. The summed E-state index contributed by atoms with van der Waals surface area (Å²) in [5.74, 6) is 0.187. The van der Waals surface area contributed by atoms with E-state index in [4.69, 9.17) is 10.5 Å². The molecule has 0 aromatic heterocycles. The molecule has 0 atom stereocenters. The summed E-state index contributed by atoms with van der Waals surface area (Å²) in [6, 6.07) is 5.59. The first-order valence-electron chi connectivity index (χ1n) is 4.58. The monoisotopic (exact) mass is 271 g/mol. The number of benzene rings is 1. The molecular formula is C11H14BrNO2. The Bertz CT molecular complexity index is 388. The summed E-state index contributed by atoms with van der Waals surface area (Å²) in [7, 11) is 0. The van der Waals surface area contributed by atoms with Crippen molar-refractivity contribution in [1.29, 1.82) is 0 Å². The van der Waals surface area contributed by atoms with Gasteiger partial charge in [-0.3, -0.25) is 4.79 Å². The van der Waals surface area contributed by atoms with Crippen LogP contribution in [0, 0.1) is 6.92 Å². The van der Waals surface area contributed by atoms with Crippen molar-refractivity contribution in [1.82, 2.24) is 0 Å². The standard InChI is InChI=1S/C11H14BrNO2/c1-7-6-8(12)4-5-9(7)15-11(2,3)10(13)14/h4-6H,1-3H3,(H2,13,14). The number of halogens is 1. The average Bonchev–Trinajstić information content (AvgIpc) is 2.09. The van der Waals surface area contributed by atoms with Crippen LogP contribution >= 0.6 is 15.9 Å². The third-order valence-electron chi connectivity index (χ3n) is 2.10. The van der Waals surface area contributed by atoms with Crippen molar-refractivity contribution in [2.75, 3.05) is 0 Å². The molecule has 1 rings (SSSR count). The molecule has 0 radical (unpaired) electrons. The lowest BCUT2D eigenvalue weighted by Gasteiger charge is -2.23. The summed E-state index contributed by atoms with van der Waals surface area (Å²) in [5, 5.41) is 0. The molecule has 0 saturated carbocycles. The van der Waals surface area contributed by atoms with Crippen LogP contribution in [0.25, 0.3) is 0 Å². The van der Waals surface area contributed by atoms with E-state index in [0.29, 0.717) is 5.75 Å². The van der Waals surface area contributed by atoms with Crippen LogP contribution in [-0.4, -0.2) is 11.5 Å². The van der Waals surface area contributed by atoms with E-state index in [2.05, 4.69) is 15.9 Å². The van der Waals surface area contributed by atoms with Crippen molar-refractivity contribution in [2.45, 2.75) is 26.4 Å². The highest BCUT2D eigenvalue weighted by Crippen LogP contribution is 2.25. The number of ether oxygens (including phenoxy) is 1. The van der Waals surface area contributed by atoms with Gasteiger partial charge >= 0.3 is 0 Å². The predicted octanol–water partition coefficient (Wildman–Crippen LogP) is 2.40. The quantitative estimate of drug-likeness (QED) is 0.918. The predicted molar refractivity (Wildman–Crippen MR) is 62.8 cm³/mol. The molecule has 0 saturated heterocycles. The average molecular weight is 272 g/mol. The summed E-state index contributed by atoms with van der Waals surface area (Å²) in [6.07, 6.45) is 0. The Balaban J connectivity index is 2.95. The molecule has 1 amide bonds. The highest BCUT2D eigenvalue weighted by Gasteiger charge is 2.27. The molecule has 0 heterocycles. The zero-order valence-electron chi connectivity index (χ0n) is 9.00. The number of hydrogen-bond acceptors (Lipinski definition) is 2. The number of hydrogen-bond donors (Lipinski definition) is 1. The van der Waals surface area contributed by atoms with Gasteiger partial charge in [0.25, 0.3) is 5.91 Å². The van der Waals surface area contributed by atoms with Gasteiger partial charge in [0.2, 0.25) is 0 Å². The van der Waals surface area contributed by atoms with Crippen LogP contribution in [0.15, 0.2) is 22.7 Å². The topological polar surface area (TPSA) is 52.3 Å². The molecule has 0 aliphatic rings. The Hall–Kier alpha value is -1.03. The summed E-state index contributed by atoms with van der Waals surface area (Å²) in [6.45, 7) is 5.21. The van der Waals surface area contributed by atoms with E-state index in [9.17, 15) is 4.79 Å². The number of primary amides is 1. The van der Waals surface area contributed by atoms with Crippen molar-refractivity contribution in [3.63, 3.8) is 0 Å². The van der Waals surface area contributed by atoms with Crippen molar-refractivity contribution >= 4 is 21.8 Å². The lowest BCUT2D eigenvalue weighted by atomic mass is 10.1. The molecule has 0 spiro atoms. The van der Waals surface area contributed by atoms with Crippen LogP contribution in [0.5, 0.6) is 5.75 Å². The second-order valence-electron chi connectivity index (χ2n) is 3.89. The highest BCUT2D eigenvalue weighted by atomic mass is 79.9. The van der Waals surface area contributed by atoms with Crippen LogP contribution in [0.4, 0.5) is 0 Å². The van der Waals surface area contributed by atoms with E-state index in [0.717, 1.165) is 10.0 Å². The molecule has 0 unspecified atom stereocenters. The van der Waals surface area contributed by atoms with E-state index in [1.54, 1.807) is 13.8 Å². The molecule has 2 N–H and O–H groups in total. The molecule has 0 aliphatic carbocycles. The minimum absolute atomic E-state index is 0.482. The summed E-state index contributed by atoms with van der Waals surface area (Å²) < 4.78 is 6.53. The normalized spacial score (nSPS) is 11.2. The van der Waals surface area contributed by atoms with E-state index < -0.39 is 11.5 Å².